The van der Waals surface area contributed by atoms with Gasteiger partial charge >= 0.3 is 0 Å². The first-order chi connectivity index (χ1) is 13.3. The van der Waals surface area contributed by atoms with E-state index in [-0.39, 0.29) is 6.10 Å². The maximum absolute atomic E-state index is 5.60. The Morgan fingerprint density at radius 3 is 2.93 bits per heavy atom. The van der Waals surface area contributed by atoms with Gasteiger partial charge in [-0.05, 0) is 24.8 Å². The van der Waals surface area contributed by atoms with Gasteiger partial charge in [0.2, 0.25) is 16.8 Å². The molecule has 27 heavy (non-hydrogen) atoms. The van der Waals surface area contributed by atoms with Crippen molar-refractivity contribution < 1.29 is 9.26 Å². The highest BCUT2D eigenvalue weighted by atomic mass is 32.2. The first kappa shape index (κ1) is 18.4. The standard InChI is InChI=1S/C18H21N5O2S2/c1-2-12-5-7-13(8-6-12)16-20-15(25-23-16)11-26-18-22-21-17(27-18)19-10-14-4-3-9-24-14/h5-8,14H,2-4,9-11H2,1H3,(H,19,21)/t14-/m1/s1. The number of nitrogens with zero attached hydrogens (tertiary/aromatic N) is 4. The summed E-state index contributed by atoms with van der Waals surface area (Å²) >= 11 is 3.07. The van der Waals surface area contributed by atoms with Gasteiger partial charge in [0.25, 0.3) is 0 Å². The average Bonchev–Trinajstić information content (AvgIpc) is 3.47. The van der Waals surface area contributed by atoms with Gasteiger partial charge in [0, 0.05) is 18.7 Å². The molecule has 1 atom stereocenters. The number of thioether (sulfide) groups is 1. The number of rotatable bonds is 8. The van der Waals surface area contributed by atoms with Crippen molar-refractivity contribution in [1.82, 2.24) is 20.3 Å². The average molecular weight is 404 g/mol. The first-order valence-corrected chi connectivity index (χ1v) is 10.8. The van der Waals surface area contributed by atoms with Crippen molar-refractivity contribution >= 4 is 28.2 Å². The largest absolute Gasteiger partial charge is 0.376 e. The SMILES string of the molecule is CCc1ccc(-c2noc(CSc3nnc(NC[C@H]4CCCO4)s3)n2)cc1. The van der Waals surface area contributed by atoms with Crippen LogP contribution >= 0.6 is 23.1 Å². The van der Waals surface area contributed by atoms with Gasteiger partial charge in [0.15, 0.2) is 4.34 Å². The Morgan fingerprint density at radius 2 is 2.15 bits per heavy atom. The molecule has 142 valence electrons. The fraction of sp³-hybridized carbons (Fsp3) is 0.444. The van der Waals surface area contributed by atoms with Crippen LogP contribution in [0, 0.1) is 0 Å². The lowest BCUT2D eigenvalue weighted by atomic mass is 10.1. The van der Waals surface area contributed by atoms with E-state index in [0.29, 0.717) is 17.5 Å². The zero-order valence-electron chi connectivity index (χ0n) is 15.1. The summed E-state index contributed by atoms with van der Waals surface area (Å²) < 4.78 is 11.8. The Bertz CT molecular complexity index is 859. The third-order valence-electron chi connectivity index (χ3n) is 4.32. The van der Waals surface area contributed by atoms with E-state index in [9.17, 15) is 0 Å². The van der Waals surface area contributed by atoms with Crippen LogP contribution in [0.2, 0.25) is 0 Å². The lowest BCUT2D eigenvalue weighted by Crippen LogP contribution is -2.18. The molecule has 1 fully saturated rings. The molecule has 2 aromatic heterocycles. The van der Waals surface area contributed by atoms with Crippen LogP contribution in [0.4, 0.5) is 5.13 Å². The summed E-state index contributed by atoms with van der Waals surface area (Å²) in [5.74, 6) is 1.77. The number of ether oxygens (including phenoxy) is 1. The molecule has 4 rings (SSSR count). The number of benzene rings is 1. The Morgan fingerprint density at radius 1 is 1.26 bits per heavy atom. The molecule has 0 unspecified atom stereocenters. The Balaban J connectivity index is 1.29. The van der Waals surface area contributed by atoms with Gasteiger partial charge in [0.05, 0.1) is 11.9 Å². The summed E-state index contributed by atoms with van der Waals surface area (Å²) in [4.78, 5) is 4.47. The van der Waals surface area contributed by atoms with E-state index in [1.807, 2.05) is 12.1 Å². The summed E-state index contributed by atoms with van der Waals surface area (Å²) in [6.07, 6.45) is 3.54. The van der Waals surface area contributed by atoms with Crippen LogP contribution in [-0.2, 0) is 16.9 Å². The summed E-state index contributed by atoms with van der Waals surface area (Å²) in [5.41, 5.74) is 2.25. The summed E-state index contributed by atoms with van der Waals surface area (Å²) in [6, 6.07) is 8.23. The van der Waals surface area contributed by atoms with Crippen LogP contribution in [0.3, 0.4) is 0 Å². The quantitative estimate of drug-likeness (QED) is 0.564. The number of hydrogen-bond donors (Lipinski definition) is 1. The second-order valence-corrected chi connectivity index (χ2v) is 8.44. The summed E-state index contributed by atoms with van der Waals surface area (Å²) in [7, 11) is 0. The van der Waals surface area contributed by atoms with Crippen LogP contribution in [-0.4, -0.2) is 39.6 Å². The number of nitrogens with one attached hydrogen (secondary N) is 1. The normalized spacial score (nSPS) is 16.7. The molecule has 1 N–H and O–H groups in total. The van der Waals surface area contributed by atoms with E-state index < -0.39 is 0 Å². The van der Waals surface area contributed by atoms with Gasteiger partial charge in [-0.2, -0.15) is 4.98 Å². The molecule has 7 nitrogen and oxygen atoms in total. The van der Waals surface area contributed by atoms with E-state index in [4.69, 9.17) is 9.26 Å². The van der Waals surface area contributed by atoms with Gasteiger partial charge in [-0.3, -0.25) is 0 Å². The zero-order chi connectivity index (χ0) is 18.5. The van der Waals surface area contributed by atoms with E-state index in [2.05, 4.69) is 44.7 Å². The van der Waals surface area contributed by atoms with E-state index >= 15 is 0 Å². The van der Waals surface area contributed by atoms with Crippen molar-refractivity contribution in [3.63, 3.8) is 0 Å². The molecule has 0 aliphatic carbocycles. The lowest BCUT2D eigenvalue weighted by molar-refractivity contribution is 0.120. The topological polar surface area (TPSA) is 86.0 Å². The van der Waals surface area contributed by atoms with Gasteiger partial charge in [0.1, 0.15) is 0 Å². The minimum absolute atomic E-state index is 0.285. The highest BCUT2D eigenvalue weighted by Crippen LogP contribution is 2.29. The van der Waals surface area contributed by atoms with Crippen LogP contribution in [0.1, 0.15) is 31.2 Å². The Labute approximate surface area is 165 Å². The maximum atomic E-state index is 5.60. The van der Waals surface area contributed by atoms with Gasteiger partial charge < -0.3 is 14.6 Å². The molecule has 3 aromatic rings. The van der Waals surface area contributed by atoms with E-state index in [1.54, 1.807) is 11.8 Å². The Hall–Kier alpha value is -1.97. The molecule has 0 bridgehead atoms. The molecule has 1 aromatic carbocycles. The van der Waals surface area contributed by atoms with Crippen LogP contribution < -0.4 is 5.32 Å². The number of aromatic nitrogens is 4. The second kappa shape index (κ2) is 8.81. The monoisotopic (exact) mass is 403 g/mol. The number of aryl methyl sites for hydroxylation is 1. The van der Waals surface area contributed by atoms with Crippen molar-refractivity contribution in [3.8, 4) is 11.4 Å². The van der Waals surface area contributed by atoms with Crippen molar-refractivity contribution in [2.75, 3.05) is 18.5 Å². The molecule has 3 heterocycles. The summed E-state index contributed by atoms with van der Waals surface area (Å²) in [5, 5.41) is 16.6. The molecule has 0 spiro atoms. The number of anilines is 1. The minimum Gasteiger partial charge on any atom is -0.376 e. The fourth-order valence-electron chi connectivity index (χ4n) is 2.79. The van der Waals surface area contributed by atoms with Crippen LogP contribution in [0.15, 0.2) is 33.1 Å². The van der Waals surface area contributed by atoms with Crippen molar-refractivity contribution in [3.05, 3.63) is 35.7 Å². The highest BCUT2D eigenvalue weighted by molar-refractivity contribution is 8.00. The van der Waals surface area contributed by atoms with Crippen molar-refractivity contribution in [1.29, 1.82) is 0 Å². The van der Waals surface area contributed by atoms with E-state index in [1.165, 1.54) is 16.9 Å². The smallest absolute Gasteiger partial charge is 0.237 e. The van der Waals surface area contributed by atoms with Crippen molar-refractivity contribution in [2.45, 2.75) is 42.4 Å². The molecule has 0 radical (unpaired) electrons. The minimum atomic E-state index is 0.285. The molecule has 0 amide bonds. The fourth-order valence-corrected chi connectivity index (χ4v) is 4.39. The van der Waals surface area contributed by atoms with Crippen LogP contribution in [0.25, 0.3) is 11.4 Å². The molecule has 0 saturated carbocycles. The van der Waals surface area contributed by atoms with Gasteiger partial charge in [-0.15, -0.1) is 10.2 Å². The second-order valence-electron chi connectivity index (χ2n) is 6.24. The van der Waals surface area contributed by atoms with Gasteiger partial charge in [-0.25, -0.2) is 0 Å². The third-order valence-corrected chi connectivity index (χ3v) is 6.32. The van der Waals surface area contributed by atoms with Crippen LogP contribution in [0.5, 0.6) is 0 Å². The van der Waals surface area contributed by atoms with E-state index in [0.717, 1.165) is 47.4 Å². The molecule has 1 aliphatic rings. The highest BCUT2D eigenvalue weighted by Gasteiger charge is 2.16. The molecular weight excluding hydrogens is 382 g/mol. The summed E-state index contributed by atoms with van der Waals surface area (Å²) in [6.45, 7) is 3.78. The lowest BCUT2D eigenvalue weighted by Gasteiger charge is -2.08. The number of hydrogen-bond acceptors (Lipinski definition) is 9. The Kier molecular flexibility index (Phi) is 6.00. The molecule has 9 heteroatoms. The molecular formula is C18H21N5O2S2. The maximum Gasteiger partial charge on any atom is 0.237 e. The molecule has 1 aliphatic heterocycles. The molecule has 1 saturated heterocycles. The predicted octanol–water partition coefficient (Wildman–Crippen LogP) is 4.03. The zero-order valence-corrected chi connectivity index (χ0v) is 16.7. The predicted molar refractivity (Wildman–Crippen MR) is 106 cm³/mol. The van der Waals surface area contributed by atoms with Gasteiger partial charge in [-0.1, -0.05) is 59.4 Å². The first-order valence-electron chi connectivity index (χ1n) is 9.04. The van der Waals surface area contributed by atoms with Crippen molar-refractivity contribution in [2.24, 2.45) is 0 Å². The third kappa shape index (κ3) is 4.85.